The summed E-state index contributed by atoms with van der Waals surface area (Å²) in [5.41, 5.74) is 1.76. The monoisotopic (exact) mass is 341 g/mol. The second kappa shape index (κ2) is 7.42. The van der Waals surface area contributed by atoms with Crippen LogP contribution in [0, 0.1) is 0 Å². The van der Waals surface area contributed by atoms with Gasteiger partial charge in [0.15, 0.2) is 5.76 Å². The fourth-order valence-corrected chi connectivity index (χ4v) is 3.31. The van der Waals surface area contributed by atoms with E-state index in [-0.39, 0.29) is 17.7 Å². The summed E-state index contributed by atoms with van der Waals surface area (Å²) in [6.07, 6.45) is 6.83. The average Bonchev–Trinajstić information content (AvgIpc) is 3.24. The predicted octanol–water partition coefficient (Wildman–Crippen LogP) is 3.09. The molecule has 1 unspecified atom stereocenters. The van der Waals surface area contributed by atoms with Crippen molar-refractivity contribution in [3.8, 4) is 5.75 Å². The third kappa shape index (κ3) is 3.38. The maximum atomic E-state index is 12.5. The number of carbonyl (C=O) groups is 1. The minimum atomic E-state index is -0.289. The van der Waals surface area contributed by atoms with Crippen molar-refractivity contribution >= 4 is 5.91 Å². The number of aryl methyl sites for hydroxylation is 1. The van der Waals surface area contributed by atoms with Gasteiger partial charge < -0.3 is 19.3 Å². The number of aromatic nitrogens is 2. The second-order valence-electron chi connectivity index (χ2n) is 6.06. The number of rotatable bonds is 7. The summed E-state index contributed by atoms with van der Waals surface area (Å²) in [6, 6.07) is 7.45. The SMILES string of the molecule is CCC1=C(O)C(=O)N(CCCn2ccnc2)C1c1ccc(OC)cc1. The Morgan fingerprint density at radius 2 is 2.00 bits per heavy atom. The normalized spacial score (nSPS) is 17.4. The summed E-state index contributed by atoms with van der Waals surface area (Å²) in [4.78, 5) is 18.3. The zero-order valence-electron chi connectivity index (χ0n) is 14.6. The van der Waals surface area contributed by atoms with E-state index in [2.05, 4.69) is 4.98 Å². The Morgan fingerprint density at radius 1 is 1.24 bits per heavy atom. The molecule has 1 N–H and O–H groups in total. The summed E-state index contributed by atoms with van der Waals surface area (Å²) in [6.45, 7) is 3.31. The number of carbonyl (C=O) groups excluding carboxylic acids is 1. The first-order chi connectivity index (χ1) is 12.2. The van der Waals surface area contributed by atoms with E-state index in [1.165, 1.54) is 0 Å². The standard InChI is InChI=1S/C19H23N3O3/c1-3-16-17(14-5-7-15(25-2)8-6-14)22(19(24)18(16)23)11-4-10-21-12-9-20-13-21/h5-9,12-13,17,23H,3-4,10-11H2,1-2H3. The van der Waals surface area contributed by atoms with Crippen molar-refractivity contribution in [3.05, 3.63) is 59.9 Å². The van der Waals surface area contributed by atoms with Gasteiger partial charge in [-0.05, 0) is 30.5 Å². The molecule has 132 valence electrons. The number of amides is 1. The Labute approximate surface area is 147 Å². The van der Waals surface area contributed by atoms with Gasteiger partial charge in [0.2, 0.25) is 0 Å². The molecule has 1 atom stereocenters. The van der Waals surface area contributed by atoms with Crippen molar-refractivity contribution in [2.24, 2.45) is 0 Å². The number of aliphatic hydroxyl groups is 1. The zero-order valence-corrected chi connectivity index (χ0v) is 14.6. The molecule has 1 aromatic carbocycles. The van der Waals surface area contributed by atoms with Gasteiger partial charge in [0.25, 0.3) is 5.91 Å². The Morgan fingerprint density at radius 3 is 2.60 bits per heavy atom. The van der Waals surface area contributed by atoms with E-state index in [1.54, 1.807) is 24.5 Å². The van der Waals surface area contributed by atoms with Crippen LogP contribution in [0.3, 0.4) is 0 Å². The molecule has 0 aliphatic carbocycles. The summed E-state index contributed by atoms with van der Waals surface area (Å²) in [7, 11) is 1.62. The lowest BCUT2D eigenvalue weighted by Crippen LogP contribution is -2.32. The van der Waals surface area contributed by atoms with Gasteiger partial charge in [-0.2, -0.15) is 0 Å². The first kappa shape index (κ1) is 17.1. The van der Waals surface area contributed by atoms with E-state index in [1.807, 2.05) is 42.0 Å². The molecular weight excluding hydrogens is 318 g/mol. The molecule has 0 fully saturated rings. The molecule has 1 amide bonds. The summed E-state index contributed by atoms with van der Waals surface area (Å²) < 4.78 is 7.19. The highest BCUT2D eigenvalue weighted by atomic mass is 16.5. The van der Waals surface area contributed by atoms with Gasteiger partial charge in [0.05, 0.1) is 19.5 Å². The van der Waals surface area contributed by atoms with Crippen LogP contribution < -0.4 is 4.74 Å². The van der Waals surface area contributed by atoms with Crippen molar-refractivity contribution in [2.75, 3.05) is 13.7 Å². The van der Waals surface area contributed by atoms with Crippen molar-refractivity contribution in [2.45, 2.75) is 32.4 Å². The van der Waals surface area contributed by atoms with E-state index < -0.39 is 0 Å². The third-order valence-electron chi connectivity index (χ3n) is 4.60. The number of benzene rings is 1. The first-order valence-electron chi connectivity index (χ1n) is 8.48. The molecule has 2 heterocycles. The Bertz CT molecular complexity index is 751. The quantitative estimate of drug-likeness (QED) is 0.840. The van der Waals surface area contributed by atoms with Crippen LogP contribution in [0.1, 0.15) is 31.4 Å². The molecule has 0 saturated carbocycles. The van der Waals surface area contributed by atoms with Crippen molar-refractivity contribution in [1.82, 2.24) is 14.5 Å². The number of ether oxygens (including phenoxy) is 1. The molecule has 0 saturated heterocycles. The number of aliphatic hydroxyl groups excluding tert-OH is 1. The fourth-order valence-electron chi connectivity index (χ4n) is 3.31. The predicted molar refractivity (Wildman–Crippen MR) is 94.2 cm³/mol. The smallest absolute Gasteiger partial charge is 0.289 e. The number of hydrogen-bond acceptors (Lipinski definition) is 4. The van der Waals surface area contributed by atoms with E-state index in [0.717, 1.165) is 29.9 Å². The number of hydrogen-bond donors (Lipinski definition) is 1. The molecule has 6 heteroatoms. The lowest BCUT2D eigenvalue weighted by Gasteiger charge is -2.27. The van der Waals surface area contributed by atoms with Crippen LogP contribution in [0.2, 0.25) is 0 Å². The Balaban J connectivity index is 1.80. The first-order valence-corrected chi connectivity index (χ1v) is 8.48. The maximum Gasteiger partial charge on any atom is 0.289 e. The molecular formula is C19H23N3O3. The second-order valence-corrected chi connectivity index (χ2v) is 6.06. The Hall–Kier alpha value is -2.76. The molecule has 0 spiro atoms. The van der Waals surface area contributed by atoms with Crippen LogP contribution >= 0.6 is 0 Å². The van der Waals surface area contributed by atoms with Crippen LogP contribution in [-0.2, 0) is 11.3 Å². The molecule has 1 aliphatic rings. The van der Waals surface area contributed by atoms with Crippen LogP contribution in [0.4, 0.5) is 0 Å². The highest BCUT2D eigenvalue weighted by Crippen LogP contribution is 2.39. The fraction of sp³-hybridized carbons (Fsp3) is 0.368. The van der Waals surface area contributed by atoms with Gasteiger partial charge in [-0.1, -0.05) is 19.1 Å². The lowest BCUT2D eigenvalue weighted by atomic mass is 9.97. The summed E-state index contributed by atoms with van der Waals surface area (Å²) >= 11 is 0. The van der Waals surface area contributed by atoms with Gasteiger partial charge in [0, 0.05) is 31.1 Å². The molecule has 0 radical (unpaired) electrons. The van der Waals surface area contributed by atoms with E-state index in [9.17, 15) is 9.90 Å². The molecule has 1 aromatic heterocycles. The van der Waals surface area contributed by atoms with Crippen molar-refractivity contribution < 1.29 is 14.6 Å². The average molecular weight is 341 g/mol. The van der Waals surface area contributed by atoms with Gasteiger partial charge in [-0.3, -0.25) is 4.79 Å². The third-order valence-corrected chi connectivity index (χ3v) is 4.60. The summed E-state index contributed by atoms with van der Waals surface area (Å²) in [5.74, 6) is 0.375. The zero-order chi connectivity index (χ0) is 17.8. The van der Waals surface area contributed by atoms with E-state index in [4.69, 9.17) is 4.74 Å². The maximum absolute atomic E-state index is 12.5. The highest BCUT2D eigenvalue weighted by molar-refractivity contribution is 5.95. The van der Waals surface area contributed by atoms with Gasteiger partial charge >= 0.3 is 0 Å². The van der Waals surface area contributed by atoms with Crippen LogP contribution in [0.25, 0.3) is 0 Å². The highest BCUT2D eigenvalue weighted by Gasteiger charge is 2.38. The molecule has 0 bridgehead atoms. The largest absolute Gasteiger partial charge is 0.503 e. The van der Waals surface area contributed by atoms with Crippen LogP contribution in [0.5, 0.6) is 5.75 Å². The number of methoxy groups -OCH3 is 1. The molecule has 1 aliphatic heterocycles. The van der Waals surface area contributed by atoms with Gasteiger partial charge in [-0.15, -0.1) is 0 Å². The van der Waals surface area contributed by atoms with Crippen molar-refractivity contribution in [1.29, 1.82) is 0 Å². The van der Waals surface area contributed by atoms with E-state index in [0.29, 0.717) is 13.0 Å². The minimum absolute atomic E-state index is 0.106. The van der Waals surface area contributed by atoms with Crippen LogP contribution in [-0.4, -0.2) is 39.1 Å². The van der Waals surface area contributed by atoms with Gasteiger partial charge in [-0.25, -0.2) is 4.98 Å². The molecule has 2 aromatic rings. The van der Waals surface area contributed by atoms with Crippen LogP contribution in [0.15, 0.2) is 54.3 Å². The minimum Gasteiger partial charge on any atom is -0.503 e. The number of nitrogens with zero attached hydrogens (tertiary/aromatic N) is 3. The Kier molecular flexibility index (Phi) is 5.07. The topological polar surface area (TPSA) is 67.6 Å². The molecule has 3 rings (SSSR count). The lowest BCUT2D eigenvalue weighted by molar-refractivity contribution is -0.129. The van der Waals surface area contributed by atoms with E-state index >= 15 is 0 Å². The summed E-state index contributed by atoms with van der Waals surface area (Å²) in [5, 5.41) is 10.3. The molecule has 6 nitrogen and oxygen atoms in total. The van der Waals surface area contributed by atoms with Crippen molar-refractivity contribution in [3.63, 3.8) is 0 Å². The molecule has 25 heavy (non-hydrogen) atoms. The number of imidazole rings is 1. The van der Waals surface area contributed by atoms with Gasteiger partial charge in [0.1, 0.15) is 5.75 Å².